The molecule has 1 fully saturated rings. The molecule has 2 aromatic rings. The molecule has 0 bridgehead atoms. The topological polar surface area (TPSA) is 175 Å². The zero-order valence-corrected chi connectivity index (χ0v) is 17.6. The molecule has 0 radical (unpaired) electrons. The van der Waals surface area contributed by atoms with Crippen molar-refractivity contribution in [1.29, 1.82) is 0 Å². The van der Waals surface area contributed by atoms with E-state index in [1.54, 1.807) is 0 Å². The van der Waals surface area contributed by atoms with Crippen LogP contribution in [0.25, 0.3) is 0 Å². The first kappa shape index (κ1) is 25.4. The summed E-state index contributed by atoms with van der Waals surface area (Å²) in [7, 11) is -3.80. The van der Waals surface area contributed by atoms with E-state index in [2.05, 4.69) is 0 Å². The second-order valence-electron chi connectivity index (χ2n) is 6.56. The number of amides is 1. The lowest BCUT2D eigenvalue weighted by atomic mass is 10.2. The number of non-ortho nitro benzene ring substituents is 1. The number of sulfonamides is 1. The molecule has 1 aliphatic heterocycles. The minimum absolute atomic E-state index is 0.0357. The monoisotopic (exact) mass is 483 g/mol. The minimum atomic E-state index is -3.80. The van der Waals surface area contributed by atoms with E-state index in [1.165, 1.54) is 45.6 Å². The highest BCUT2D eigenvalue weighted by Crippen LogP contribution is 2.21. The molecule has 0 unspecified atom stereocenters. The molecule has 0 aromatic heterocycles. The van der Waals surface area contributed by atoms with Crippen LogP contribution in [0.15, 0.2) is 53.4 Å². The predicted octanol–water partition coefficient (Wildman–Crippen LogP) is 1.04. The molecule has 1 saturated heterocycles. The van der Waals surface area contributed by atoms with Gasteiger partial charge in [-0.1, -0.05) is 0 Å². The van der Waals surface area contributed by atoms with E-state index in [-0.39, 0.29) is 42.7 Å². The van der Waals surface area contributed by atoms with Crippen LogP contribution in [-0.4, -0.2) is 76.8 Å². The largest absolute Gasteiger partial charge is 0.473 e. The Balaban J connectivity index is 0.000000569. The lowest BCUT2D eigenvalue weighted by molar-refractivity contribution is -0.384. The number of nitro benzene ring substituents is 1. The number of hydrogen-bond donors (Lipinski definition) is 2. The number of benzene rings is 2. The molecule has 1 amide bonds. The Morgan fingerprint density at radius 2 is 1.36 bits per heavy atom. The molecular formula is C19H18FN3O9S. The van der Waals surface area contributed by atoms with Gasteiger partial charge in [-0.15, -0.1) is 0 Å². The van der Waals surface area contributed by atoms with Crippen LogP contribution in [0.3, 0.4) is 0 Å². The number of carboxylic acid groups (broad SMARTS) is 2. The van der Waals surface area contributed by atoms with Gasteiger partial charge in [0, 0.05) is 43.9 Å². The summed E-state index contributed by atoms with van der Waals surface area (Å²) in [4.78, 5) is 42.2. The number of nitro groups is 1. The van der Waals surface area contributed by atoms with Crippen LogP contribution in [0.4, 0.5) is 10.1 Å². The number of rotatable bonds is 4. The minimum Gasteiger partial charge on any atom is -0.473 e. The highest BCUT2D eigenvalue weighted by atomic mass is 32.2. The maximum atomic E-state index is 13.0. The summed E-state index contributed by atoms with van der Waals surface area (Å²) in [6.07, 6.45) is 0. The van der Waals surface area contributed by atoms with Gasteiger partial charge >= 0.3 is 11.9 Å². The summed E-state index contributed by atoms with van der Waals surface area (Å²) in [5.74, 6) is -4.38. The van der Waals surface area contributed by atoms with Crippen LogP contribution in [0.5, 0.6) is 0 Å². The summed E-state index contributed by atoms with van der Waals surface area (Å²) in [6.45, 7) is 0.601. The second kappa shape index (κ2) is 10.6. The van der Waals surface area contributed by atoms with Gasteiger partial charge in [-0.25, -0.2) is 22.4 Å². The van der Waals surface area contributed by atoms with Crippen molar-refractivity contribution in [3.63, 3.8) is 0 Å². The standard InChI is InChI=1S/C17H16FN3O5S.C2H2O4/c18-14-3-1-13(2-4-14)17(22)19-9-11-20(12-10-19)27(25,26)16-7-5-15(6-8-16)21(23)24;3-1(4)2(5)6/h1-8H,9-12H2;(H,3,4)(H,5,6). The quantitative estimate of drug-likeness (QED) is 0.365. The summed E-state index contributed by atoms with van der Waals surface area (Å²) in [5, 5.41) is 25.5. The van der Waals surface area contributed by atoms with Crippen LogP contribution in [-0.2, 0) is 19.6 Å². The third-order valence-corrected chi connectivity index (χ3v) is 6.40. The number of carbonyl (C=O) groups excluding carboxylic acids is 1. The van der Waals surface area contributed by atoms with Crippen molar-refractivity contribution in [3.05, 3.63) is 70.0 Å². The molecule has 0 saturated carbocycles. The Morgan fingerprint density at radius 1 is 0.879 bits per heavy atom. The van der Waals surface area contributed by atoms with Crippen molar-refractivity contribution >= 4 is 33.6 Å². The van der Waals surface area contributed by atoms with Gasteiger partial charge in [0.2, 0.25) is 10.0 Å². The fourth-order valence-electron chi connectivity index (χ4n) is 2.80. The van der Waals surface area contributed by atoms with E-state index in [4.69, 9.17) is 19.8 Å². The third kappa shape index (κ3) is 6.54. The van der Waals surface area contributed by atoms with E-state index in [0.29, 0.717) is 5.56 Å². The molecule has 33 heavy (non-hydrogen) atoms. The molecule has 2 aromatic carbocycles. The van der Waals surface area contributed by atoms with Gasteiger partial charge in [-0.05, 0) is 36.4 Å². The molecular weight excluding hydrogens is 465 g/mol. The molecule has 0 aliphatic carbocycles. The van der Waals surface area contributed by atoms with Crippen LogP contribution in [0.2, 0.25) is 0 Å². The van der Waals surface area contributed by atoms with Crippen LogP contribution < -0.4 is 0 Å². The van der Waals surface area contributed by atoms with Crippen LogP contribution in [0, 0.1) is 15.9 Å². The number of aliphatic carboxylic acids is 2. The highest BCUT2D eigenvalue weighted by Gasteiger charge is 2.30. The smallest absolute Gasteiger partial charge is 0.414 e. The summed E-state index contributed by atoms with van der Waals surface area (Å²) in [5.41, 5.74) is 0.145. The highest BCUT2D eigenvalue weighted by molar-refractivity contribution is 7.89. The first-order valence-corrected chi connectivity index (χ1v) is 10.6. The predicted molar refractivity (Wildman–Crippen MR) is 109 cm³/mol. The molecule has 2 N–H and O–H groups in total. The number of halogens is 1. The molecule has 14 heteroatoms. The first-order chi connectivity index (χ1) is 15.4. The Morgan fingerprint density at radius 3 is 1.79 bits per heavy atom. The Kier molecular flexibility index (Phi) is 8.15. The number of hydrogen-bond acceptors (Lipinski definition) is 7. The van der Waals surface area contributed by atoms with Gasteiger partial charge in [0.1, 0.15) is 5.82 Å². The molecule has 176 valence electrons. The lowest BCUT2D eigenvalue weighted by Crippen LogP contribution is -2.50. The molecule has 1 heterocycles. The number of carboxylic acids is 2. The molecule has 3 rings (SSSR count). The van der Waals surface area contributed by atoms with Crippen LogP contribution in [0.1, 0.15) is 10.4 Å². The number of piperazine rings is 1. The van der Waals surface area contributed by atoms with Crippen molar-refractivity contribution in [2.24, 2.45) is 0 Å². The summed E-state index contributed by atoms with van der Waals surface area (Å²) in [6, 6.07) is 9.84. The average Bonchev–Trinajstić information content (AvgIpc) is 2.79. The van der Waals surface area contributed by atoms with E-state index in [1.807, 2.05) is 0 Å². The fraction of sp³-hybridized carbons (Fsp3) is 0.211. The Bertz CT molecular complexity index is 1130. The second-order valence-corrected chi connectivity index (χ2v) is 8.50. The van der Waals surface area contributed by atoms with Crippen molar-refractivity contribution in [2.45, 2.75) is 4.90 Å². The summed E-state index contributed by atoms with van der Waals surface area (Å²) < 4.78 is 39.5. The van der Waals surface area contributed by atoms with Crippen LogP contribution >= 0.6 is 0 Å². The zero-order chi connectivity index (χ0) is 24.8. The first-order valence-electron chi connectivity index (χ1n) is 9.19. The Labute approximate surface area is 186 Å². The Hall–Kier alpha value is -3.91. The van der Waals surface area contributed by atoms with Gasteiger partial charge in [0.05, 0.1) is 9.82 Å². The van der Waals surface area contributed by atoms with Crippen molar-refractivity contribution in [1.82, 2.24) is 9.21 Å². The maximum absolute atomic E-state index is 13.0. The molecule has 0 spiro atoms. The van der Waals surface area contributed by atoms with Crippen molar-refractivity contribution in [3.8, 4) is 0 Å². The zero-order valence-electron chi connectivity index (χ0n) is 16.8. The van der Waals surface area contributed by atoms with Gasteiger partial charge < -0.3 is 15.1 Å². The van der Waals surface area contributed by atoms with E-state index in [0.717, 1.165) is 12.1 Å². The fourth-order valence-corrected chi connectivity index (χ4v) is 4.22. The molecule has 0 atom stereocenters. The van der Waals surface area contributed by atoms with Gasteiger partial charge in [0.15, 0.2) is 0 Å². The molecule has 1 aliphatic rings. The number of nitrogens with zero attached hydrogens (tertiary/aromatic N) is 3. The molecule has 12 nitrogen and oxygen atoms in total. The number of carbonyl (C=O) groups is 3. The third-order valence-electron chi connectivity index (χ3n) is 4.49. The van der Waals surface area contributed by atoms with Gasteiger partial charge in [-0.2, -0.15) is 4.31 Å². The SMILES string of the molecule is O=C(O)C(=O)O.O=C(c1ccc(F)cc1)N1CCN(S(=O)(=O)c2ccc([N+](=O)[O-])cc2)CC1. The van der Waals surface area contributed by atoms with E-state index >= 15 is 0 Å². The van der Waals surface area contributed by atoms with Gasteiger partial charge in [-0.3, -0.25) is 14.9 Å². The van der Waals surface area contributed by atoms with E-state index < -0.39 is 32.7 Å². The normalized spacial score (nSPS) is 14.0. The maximum Gasteiger partial charge on any atom is 0.414 e. The van der Waals surface area contributed by atoms with Gasteiger partial charge in [0.25, 0.3) is 11.6 Å². The summed E-state index contributed by atoms with van der Waals surface area (Å²) >= 11 is 0. The van der Waals surface area contributed by atoms with Crippen molar-refractivity contribution < 1.29 is 42.3 Å². The lowest BCUT2D eigenvalue weighted by Gasteiger charge is -2.34. The average molecular weight is 483 g/mol. The van der Waals surface area contributed by atoms with E-state index in [9.17, 15) is 27.7 Å². The van der Waals surface area contributed by atoms with Crippen molar-refractivity contribution in [2.75, 3.05) is 26.2 Å².